The number of thiazole rings is 1. The zero-order valence-electron chi connectivity index (χ0n) is 13.3. The van der Waals surface area contributed by atoms with Crippen molar-refractivity contribution < 1.29 is 9.53 Å². The van der Waals surface area contributed by atoms with E-state index < -0.39 is 0 Å². The molecule has 0 aliphatic heterocycles. The van der Waals surface area contributed by atoms with Gasteiger partial charge in [-0.3, -0.25) is 4.79 Å². The van der Waals surface area contributed by atoms with Crippen LogP contribution in [0.2, 0.25) is 0 Å². The van der Waals surface area contributed by atoms with Crippen molar-refractivity contribution in [2.45, 2.75) is 32.7 Å². The van der Waals surface area contributed by atoms with E-state index in [9.17, 15) is 4.79 Å². The zero-order chi connectivity index (χ0) is 15.9. The monoisotopic (exact) mass is 318 g/mol. The lowest BCUT2D eigenvalue weighted by Crippen LogP contribution is -2.27. The fraction of sp³-hybridized carbons (Fsp3) is 0.412. The van der Waals surface area contributed by atoms with Crippen molar-refractivity contribution in [3.8, 4) is 5.75 Å². The number of para-hydroxylation sites is 1. The van der Waals surface area contributed by atoms with Gasteiger partial charge in [0, 0.05) is 18.3 Å². The van der Waals surface area contributed by atoms with E-state index in [4.69, 9.17) is 4.74 Å². The summed E-state index contributed by atoms with van der Waals surface area (Å²) in [6, 6.07) is 9.54. The van der Waals surface area contributed by atoms with Gasteiger partial charge in [0.25, 0.3) is 0 Å². The molecule has 2 aromatic rings. The van der Waals surface area contributed by atoms with Gasteiger partial charge in [-0.05, 0) is 12.1 Å². The minimum absolute atomic E-state index is 0.0648. The molecule has 0 fully saturated rings. The predicted octanol–water partition coefficient (Wildman–Crippen LogP) is 3.69. The van der Waals surface area contributed by atoms with Crippen molar-refractivity contribution in [3.63, 3.8) is 0 Å². The molecule has 0 bridgehead atoms. The Morgan fingerprint density at radius 2 is 2.05 bits per heavy atom. The SMILES string of the molecule is CC(C)c1nc(CN(C)C(=O)CCOc2ccccc2)cs1. The zero-order valence-corrected chi connectivity index (χ0v) is 14.1. The summed E-state index contributed by atoms with van der Waals surface area (Å²) >= 11 is 1.65. The van der Waals surface area contributed by atoms with E-state index in [0.29, 0.717) is 25.5 Å². The normalized spacial score (nSPS) is 10.7. The second-order valence-electron chi connectivity index (χ2n) is 5.49. The first-order chi connectivity index (χ1) is 10.6. The minimum atomic E-state index is 0.0648. The van der Waals surface area contributed by atoms with Crippen LogP contribution in [0, 0.1) is 0 Å². The number of amides is 1. The van der Waals surface area contributed by atoms with Gasteiger partial charge in [0.2, 0.25) is 5.91 Å². The lowest BCUT2D eigenvalue weighted by atomic mass is 10.2. The molecule has 1 aromatic carbocycles. The van der Waals surface area contributed by atoms with Crippen LogP contribution in [0.25, 0.3) is 0 Å². The summed E-state index contributed by atoms with van der Waals surface area (Å²) in [6.07, 6.45) is 0.368. The molecular weight excluding hydrogens is 296 g/mol. The van der Waals surface area contributed by atoms with Crippen LogP contribution in [0.1, 0.15) is 36.9 Å². The molecule has 0 aliphatic carbocycles. The molecule has 1 aromatic heterocycles. The topological polar surface area (TPSA) is 42.4 Å². The van der Waals surface area contributed by atoms with Crippen LogP contribution in [0.5, 0.6) is 5.75 Å². The molecular formula is C17H22N2O2S. The van der Waals surface area contributed by atoms with Crippen molar-refractivity contribution in [1.29, 1.82) is 0 Å². The fourth-order valence-electron chi connectivity index (χ4n) is 1.96. The van der Waals surface area contributed by atoms with Gasteiger partial charge in [-0.15, -0.1) is 11.3 Å². The van der Waals surface area contributed by atoms with Gasteiger partial charge in [-0.2, -0.15) is 0 Å². The van der Waals surface area contributed by atoms with Crippen LogP contribution in [-0.4, -0.2) is 29.4 Å². The Bertz CT molecular complexity index is 596. The van der Waals surface area contributed by atoms with Gasteiger partial charge in [0.15, 0.2) is 0 Å². The van der Waals surface area contributed by atoms with Crippen LogP contribution in [0.15, 0.2) is 35.7 Å². The number of ether oxygens (including phenoxy) is 1. The molecule has 0 radical (unpaired) electrons. The fourth-order valence-corrected chi connectivity index (χ4v) is 2.78. The third-order valence-corrected chi connectivity index (χ3v) is 4.41. The lowest BCUT2D eigenvalue weighted by Gasteiger charge is -2.16. The van der Waals surface area contributed by atoms with E-state index in [2.05, 4.69) is 18.8 Å². The maximum Gasteiger partial charge on any atom is 0.226 e. The summed E-state index contributed by atoms with van der Waals surface area (Å²) in [5, 5.41) is 3.14. The second-order valence-corrected chi connectivity index (χ2v) is 6.38. The molecule has 2 rings (SSSR count). The number of carbonyl (C=O) groups is 1. The number of rotatable bonds is 7. The van der Waals surface area contributed by atoms with Gasteiger partial charge >= 0.3 is 0 Å². The molecule has 0 saturated heterocycles. The Labute approximate surface area is 135 Å². The van der Waals surface area contributed by atoms with Crippen molar-refractivity contribution >= 4 is 17.2 Å². The average Bonchev–Trinajstić information content (AvgIpc) is 2.97. The number of carbonyl (C=O) groups excluding carboxylic acids is 1. The van der Waals surface area contributed by atoms with Gasteiger partial charge in [0.1, 0.15) is 5.75 Å². The summed E-state index contributed by atoms with van der Waals surface area (Å²) in [4.78, 5) is 18.4. The maximum absolute atomic E-state index is 12.1. The molecule has 0 unspecified atom stereocenters. The first-order valence-electron chi connectivity index (χ1n) is 7.42. The van der Waals surface area contributed by atoms with Gasteiger partial charge in [-0.1, -0.05) is 32.0 Å². The molecule has 5 heteroatoms. The summed E-state index contributed by atoms with van der Waals surface area (Å²) in [7, 11) is 1.80. The number of benzene rings is 1. The van der Waals surface area contributed by atoms with Gasteiger partial charge in [0.05, 0.1) is 30.3 Å². The summed E-state index contributed by atoms with van der Waals surface area (Å²) in [5.74, 6) is 1.29. The first-order valence-corrected chi connectivity index (χ1v) is 8.30. The smallest absolute Gasteiger partial charge is 0.226 e. The first kappa shape index (κ1) is 16.5. The molecule has 0 atom stereocenters. The quantitative estimate of drug-likeness (QED) is 0.782. The Morgan fingerprint density at radius 1 is 1.32 bits per heavy atom. The minimum Gasteiger partial charge on any atom is -0.493 e. The number of hydrogen-bond donors (Lipinski definition) is 0. The molecule has 0 spiro atoms. The van der Waals surface area contributed by atoms with Crippen LogP contribution in [0.3, 0.4) is 0 Å². The molecule has 0 aliphatic rings. The van der Waals surface area contributed by atoms with E-state index in [1.165, 1.54) is 0 Å². The molecule has 1 heterocycles. The number of nitrogens with zero attached hydrogens (tertiary/aromatic N) is 2. The highest BCUT2D eigenvalue weighted by atomic mass is 32.1. The largest absolute Gasteiger partial charge is 0.493 e. The van der Waals surface area contributed by atoms with E-state index in [1.54, 1.807) is 23.3 Å². The second kappa shape index (κ2) is 7.94. The Balaban J connectivity index is 1.76. The highest BCUT2D eigenvalue weighted by Gasteiger charge is 2.12. The summed E-state index contributed by atoms with van der Waals surface area (Å²) in [6.45, 7) is 5.19. The van der Waals surface area contributed by atoms with E-state index in [1.807, 2.05) is 35.7 Å². The summed E-state index contributed by atoms with van der Waals surface area (Å²) in [5.41, 5.74) is 0.952. The molecule has 1 amide bonds. The molecule has 0 N–H and O–H groups in total. The third-order valence-electron chi connectivity index (χ3n) is 3.22. The molecule has 118 valence electrons. The lowest BCUT2D eigenvalue weighted by molar-refractivity contribution is -0.131. The third kappa shape index (κ3) is 4.84. The van der Waals surface area contributed by atoms with Crippen molar-refractivity contribution in [1.82, 2.24) is 9.88 Å². The number of aromatic nitrogens is 1. The highest BCUT2D eigenvalue weighted by molar-refractivity contribution is 7.09. The highest BCUT2D eigenvalue weighted by Crippen LogP contribution is 2.19. The van der Waals surface area contributed by atoms with Gasteiger partial charge < -0.3 is 9.64 Å². The molecule has 4 nitrogen and oxygen atoms in total. The van der Waals surface area contributed by atoms with Crippen LogP contribution in [0.4, 0.5) is 0 Å². The van der Waals surface area contributed by atoms with Crippen molar-refractivity contribution in [3.05, 3.63) is 46.4 Å². The Hall–Kier alpha value is -1.88. The van der Waals surface area contributed by atoms with Crippen molar-refractivity contribution in [2.24, 2.45) is 0 Å². The number of hydrogen-bond acceptors (Lipinski definition) is 4. The van der Waals surface area contributed by atoms with Crippen LogP contribution >= 0.6 is 11.3 Å². The van der Waals surface area contributed by atoms with Crippen LogP contribution < -0.4 is 4.74 Å². The van der Waals surface area contributed by atoms with Crippen molar-refractivity contribution in [2.75, 3.05) is 13.7 Å². The van der Waals surface area contributed by atoms with E-state index in [0.717, 1.165) is 16.5 Å². The Morgan fingerprint density at radius 3 is 2.68 bits per heavy atom. The Kier molecular flexibility index (Phi) is 5.95. The molecule has 0 saturated carbocycles. The predicted molar refractivity (Wildman–Crippen MR) is 89.2 cm³/mol. The standard InChI is InChI=1S/C17H22N2O2S/c1-13(2)17-18-14(12-22-17)11-19(3)16(20)9-10-21-15-7-5-4-6-8-15/h4-8,12-13H,9-11H2,1-3H3. The maximum atomic E-state index is 12.1. The molecule has 22 heavy (non-hydrogen) atoms. The average molecular weight is 318 g/mol. The van der Waals surface area contributed by atoms with E-state index in [-0.39, 0.29) is 5.91 Å². The summed E-state index contributed by atoms with van der Waals surface area (Å²) < 4.78 is 5.55. The van der Waals surface area contributed by atoms with E-state index >= 15 is 0 Å². The van der Waals surface area contributed by atoms with Crippen LogP contribution in [-0.2, 0) is 11.3 Å². The van der Waals surface area contributed by atoms with Gasteiger partial charge in [-0.25, -0.2) is 4.98 Å².